The first kappa shape index (κ1) is 15.7. The van der Waals surface area contributed by atoms with Crippen LogP contribution in [0.25, 0.3) is 0 Å². The number of carbonyl (C=O) groups excluding carboxylic acids is 2. The molecular formula is C14H23O5P. The van der Waals surface area contributed by atoms with E-state index in [-0.39, 0.29) is 12.1 Å². The Bertz CT molecular complexity index is 397. The van der Waals surface area contributed by atoms with Gasteiger partial charge in [-0.3, -0.25) is 4.79 Å². The van der Waals surface area contributed by atoms with E-state index in [0.717, 1.165) is 6.42 Å². The average molecular weight is 302 g/mol. The van der Waals surface area contributed by atoms with Crippen molar-refractivity contribution in [2.75, 3.05) is 13.3 Å². The highest BCUT2D eigenvalue weighted by Crippen LogP contribution is 2.38. The molecule has 0 spiro atoms. The summed E-state index contributed by atoms with van der Waals surface area (Å²) in [5, 5.41) is -0.537. The molecule has 0 bridgehead atoms. The van der Waals surface area contributed by atoms with Crippen LogP contribution in [0.4, 0.5) is 0 Å². The predicted molar refractivity (Wildman–Crippen MR) is 76.2 cm³/mol. The minimum atomic E-state index is -0.891. The molecule has 0 aliphatic carbocycles. The van der Waals surface area contributed by atoms with E-state index in [1.54, 1.807) is 0 Å². The summed E-state index contributed by atoms with van der Waals surface area (Å²) in [6.07, 6.45) is -0.130. The van der Waals surface area contributed by atoms with E-state index < -0.39 is 23.3 Å². The Labute approximate surface area is 121 Å². The monoisotopic (exact) mass is 302 g/mol. The topological polar surface area (TPSA) is 61.8 Å². The van der Waals surface area contributed by atoms with Gasteiger partial charge in [0.1, 0.15) is 12.2 Å². The Morgan fingerprint density at radius 3 is 2.85 bits per heavy atom. The number of fused-ring (bicyclic) bond motifs is 1. The Balaban J connectivity index is 2.04. The van der Waals surface area contributed by atoms with Crippen LogP contribution in [0, 0.1) is 5.92 Å². The normalized spacial score (nSPS) is 32.5. The second-order valence-electron chi connectivity index (χ2n) is 6.11. The first-order valence-corrected chi connectivity index (χ1v) is 8.59. The highest BCUT2D eigenvalue weighted by atomic mass is 31.1. The zero-order valence-corrected chi connectivity index (χ0v) is 13.5. The van der Waals surface area contributed by atoms with E-state index in [1.165, 1.54) is 0 Å². The summed E-state index contributed by atoms with van der Waals surface area (Å²) in [6, 6.07) is 0. The molecule has 5 nitrogen and oxygen atoms in total. The molecule has 114 valence electrons. The van der Waals surface area contributed by atoms with Crippen molar-refractivity contribution < 1.29 is 23.8 Å². The second kappa shape index (κ2) is 5.98. The van der Waals surface area contributed by atoms with Crippen LogP contribution in [0.2, 0.25) is 0 Å². The zero-order chi connectivity index (χ0) is 14.9. The Morgan fingerprint density at radius 2 is 2.25 bits per heavy atom. The largest absolute Gasteiger partial charge is 0.457 e. The molecule has 2 saturated heterocycles. The third-order valence-corrected chi connectivity index (χ3v) is 5.44. The molecule has 0 aromatic heterocycles. The van der Waals surface area contributed by atoms with E-state index in [4.69, 9.17) is 14.2 Å². The molecule has 0 N–H and O–H groups in total. The SMILES string of the molecule is CPC(C)(CC(C)C)C(=O)OC1C(=O)OC2CCOC21. The summed E-state index contributed by atoms with van der Waals surface area (Å²) in [6.45, 7) is 8.60. The molecule has 0 amide bonds. The van der Waals surface area contributed by atoms with Gasteiger partial charge in [-0.25, -0.2) is 4.79 Å². The molecular weight excluding hydrogens is 279 g/mol. The van der Waals surface area contributed by atoms with Gasteiger partial charge in [0.25, 0.3) is 0 Å². The van der Waals surface area contributed by atoms with Gasteiger partial charge in [-0.2, -0.15) is 0 Å². The molecule has 2 heterocycles. The quantitative estimate of drug-likeness (QED) is 0.571. The summed E-state index contributed by atoms with van der Waals surface area (Å²) in [5.74, 6) is -0.393. The van der Waals surface area contributed by atoms with Gasteiger partial charge in [0.2, 0.25) is 6.10 Å². The van der Waals surface area contributed by atoms with Crippen LogP contribution in [-0.4, -0.2) is 48.7 Å². The first-order chi connectivity index (χ1) is 9.37. The Hall–Kier alpha value is -0.670. The molecule has 0 radical (unpaired) electrons. The lowest BCUT2D eigenvalue weighted by Gasteiger charge is -2.29. The lowest BCUT2D eigenvalue weighted by molar-refractivity contribution is -0.166. The maximum absolute atomic E-state index is 12.4. The number of rotatable bonds is 5. The van der Waals surface area contributed by atoms with Gasteiger partial charge in [0.15, 0.2) is 0 Å². The summed E-state index contributed by atoms with van der Waals surface area (Å²) < 4.78 is 16.1. The molecule has 5 atom stereocenters. The van der Waals surface area contributed by atoms with Gasteiger partial charge in [0.05, 0.1) is 11.8 Å². The standard InChI is InChI=1S/C14H23O5P/c1-8(2)7-14(3,20-4)13(16)19-11-10-9(5-6-17-10)18-12(11)15/h8-11,20H,5-7H2,1-4H3. The third-order valence-electron chi connectivity index (χ3n) is 3.93. The highest BCUT2D eigenvalue weighted by molar-refractivity contribution is 7.40. The van der Waals surface area contributed by atoms with Gasteiger partial charge in [-0.1, -0.05) is 13.8 Å². The Morgan fingerprint density at radius 1 is 1.55 bits per heavy atom. The molecule has 0 aromatic carbocycles. The minimum Gasteiger partial charge on any atom is -0.457 e. The smallest absolute Gasteiger partial charge is 0.350 e. The van der Waals surface area contributed by atoms with Crippen LogP contribution < -0.4 is 0 Å². The van der Waals surface area contributed by atoms with Crippen LogP contribution in [0.5, 0.6) is 0 Å². The number of ether oxygens (including phenoxy) is 3. The van der Waals surface area contributed by atoms with Crippen molar-refractivity contribution in [1.29, 1.82) is 0 Å². The maximum Gasteiger partial charge on any atom is 0.350 e. The van der Waals surface area contributed by atoms with Crippen LogP contribution in [0.15, 0.2) is 0 Å². The molecule has 2 aliphatic rings. The van der Waals surface area contributed by atoms with E-state index in [1.807, 2.05) is 13.6 Å². The molecule has 2 aliphatic heterocycles. The molecule has 5 unspecified atom stereocenters. The van der Waals surface area contributed by atoms with Crippen molar-refractivity contribution in [2.24, 2.45) is 5.92 Å². The Kier molecular flexibility index (Phi) is 4.70. The molecule has 2 rings (SSSR count). The number of carbonyl (C=O) groups is 2. The summed E-state index contributed by atoms with van der Waals surface area (Å²) in [4.78, 5) is 24.2. The fourth-order valence-corrected chi connectivity index (χ4v) is 3.69. The van der Waals surface area contributed by atoms with Gasteiger partial charge in [-0.05, 0) is 25.9 Å². The van der Waals surface area contributed by atoms with Crippen molar-refractivity contribution in [2.45, 2.75) is 57.1 Å². The van der Waals surface area contributed by atoms with Crippen LogP contribution in [0.3, 0.4) is 0 Å². The van der Waals surface area contributed by atoms with Crippen LogP contribution >= 0.6 is 8.58 Å². The van der Waals surface area contributed by atoms with Crippen molar-refractivity contribution in [1.82, 2.24) is 0 Å². The lowest BCUT2D eigenvalue weighted by Crippen LogP contribution is -2.41. The van der Waals surface area contributed by atoms with Crippen LogP contribution in [0.1, 0.15) is 33.6 Å². The van der Waals surface area contributed by atoms with Gasteiger partial charge < -0.3 is 14.2 Å². The van der Waals surface area contributed by atoms with E-state index in [9.17, 15) is 9.59 Å². The van der Waals surface area contributed by atoms with E-state index >= 15 is 0 Å². The lowest BCUT2D eigenvalue weighted by atomic mass is 9.98. The highest BCUT2D eigenvalue weighted by Gasteiger charge is 2.52. The van der Waals surface area contributed by atoms with Crippen molar-refractivity contribution in [3.8, 4) is 0 Å². The molecule has 0 saturated carbocycles. The number of hydrogen-bond donors (Lipinski definition) is 0. The first-order valence-electron chi connectivity index (χ1n) is 7.09. The van der Waals surface area contributed by atoms with E-state index in [2.05, 4.69) is 13.8 Å². The number of hydrogen-bond acceptors (Lipinski definition) is 5. The second-order valence-corrected chi connectivity index (χ2v) is 7.71. The molecule has 2 fully saturated rings. The van der Waals surface area contributed by atoms with Crippen molar-refractivity contribution >= 4 is 20.5 Å². The van der Waals surface area contributed by atoms with E-state index in [0.29, 0.717) is 27.5 Å². The van der Waals surface area contributed by atoms with Crippen molar-refractivity contribution in [3.05, 3.63) is 0 Å². The van der Waals surface area contributed by atoms with Crippen LogP contribution in [-0.2, 0) is 23.8 Å². The van der Waals surface area contributed by atoms with Gasteiger partial charge in [0, 0.05) is 6.42 Å². The van der Waals surface area contributed by atoms with Gasteiger partial charge >= 0.3 is 11.9 Å². The minimum absolute atomic E-state index is 0.249. The van der Waals surface area contributed by atoms with Crippen molar-refractivity contribution in [3.63, 3.8) is 0 Å². The molecule has 6 heteroatoms. The summed E-state index contributed by atoms with van der Waals surface area (Å²) in [7, 11) is 0.425. The van der Waals surface area contributed by atoms with Gasteiger partial charge in [-0.15, -0.1) is 8.58 Å². The summed E-state index contributed by atoms with van der Waals surface area (Å²) >= 11 is 0. The zero-order valence-electron chi connectivity index (χ0n) is 12.5. The number of esters is 2. The predicted octanol–water partition coefficient (Wildman–Crippen LogP) is 1.73. The molecule has 0 aromatic rings. The average Bonchev–Trinajstić information content (AvgIpc) is 2.91. The molecule has 20 heavy (non-hydrogen) atoms. The maximum atomic E-state index is 12.4. The fraction of sp³-hybridized carbons (Fsp3) is 0.857. The third kappa shape index (κ3) is 2.99. The summed E-state index contributed by atoms with van der Waals surface area (Å²) in [5.41, 5.74) is 0. The fourth-order valence-electron chi connectivity index (χ4n) is 2.82.